The highest BCUT2D eigenvalue weighted by atomic mass is 19.4. The third-order valence-corrected chi connectivity index (χ3v) is 6.88. The Hall–Kier alpha value is -4.52. The topological polar surface area (TPSA) is 107 Å². The molecule has 0 bridgehead atoms. The summed E-state index contributed by atoms with van der Waals surface area (Å²) in [4.78, 5) is 44.0. The number of hydrogen-bond acceptors (Lipinski definition) is 6. The highest BCUT2D eigenvalue weighted by molar-refractivity contribution is 6.05. The number of furan rings is 1. The van der Waals surface area contributed by atoms with Gasteiger partial charge in [0.2, 0.25) is 0 Å². The molecule has 0 spiro atoms. The van der Waals surface area contributed by atoms with Crippen LogP contribution in [0.25, 0.3) is 0 Å². The lowest BCUT2D eigenvalue weighted by atomic mass is 10.1. The number of benzene rings is 2. The molecular formula is C28H28F3N5O5. The molecule has 0 saturated carbocycles. The van der Waals surface area contributed by atoms with E-state index in [1.807, 2.05) is 4.90 Å². The molecule has 41 heavy (non-hydrogen) atoms. The van der Waals surface area contributed by atoms with Gasteiger partial charge < -0.3 is 34.5 Å². The van der Waals surface area contributed by atoms with Crippen molar-refractivity contribution >= 4 is 34.9 Å². The van der Waals surface area contributed by atoms with Gasteiger partial charge in [-0.15, -0.1) is 0 Å². The van der Waals surface area contributed by atoms with Crippen molar-refractivity contribution in [1.82, 2.24) is 9.80 Å². The Bertz CT molecular complexity index is 1400. The number of amides is 4. The maximum absolute atomic E-state index is 13.6. The number of alkyl halides is 3. The summed E-state index contributed by atoms with van der Waals surface area (Å²) >= 11 is 0. The van der Waals surface area contributed by atoms with Crippen LogP contribution in [0.4, 0.5) is 35.0 Å². The van der Waals surface area contributed by atoms with Crippen LogP contribution in [0.1, 0.15) is 26.5 Å². The number of urea groups is 1. The zero-order valence-electron chi connectivity index (χ0n) is 21.9. The summed E-state index contributed by atoms with van der Waals surface area (Å²) in [6, 6.07) is 12.2. The molecule has 0 atom stereocenters. The molecule has 10 nitrogen and oxygen atoms in total. The van der Waals surface area contributed by atoms with Gasteiger partial charge >= 0.3 is 12.2 Å². The van der Waals surface area contributed by atoms with Crippen LogP contribution in [0.2, 0.25) is 0 Å². The molecule has 0 radical (unpaired) electrons. The van der Waals surface area contributed by atoms with E-state index >= 15 is 0 Å². The highest BCUT2D eigenvalue weighted by Gasteiger charge is 2.31. The first-order chi connectivity index (χ1) is 19.7. The fourth-order valence-corrected chi connectivity index (χ4v) is 4.72. The minimum Gasteiger partial charge on any atom is -0.459 e. The van der Waals surface area contributed by atoms with Crippen LogP contribution in [-0.2, 0) is 10.9 Å². The number of nitrogens with zero attached hydrogens (tertiary/aromatic N) is 3. The molecule has 0 aliphatic carbocycles. The van der Waals surface area contributed by atoms with Crippen LogP contribution in [0.3, 0.4) is 0 Å². The van der Waals surface area contributed by atoms with E-state index < -0.39 is 23.7 Å². The molecular weight excluding hydrogens is 543 g/mol. The van der Waals surface area contributed by atoms with Crippen molar-refractivity contribution in [2.24, 2.45) is 0 Å². The molecule has 4 amide bonds. The van der Waals surface area contributed by atoms with Gasteiger partial charge in [0.1, 0.15) is 0 Å². The fourth-order valence-electron chi connectivity index (χ4n) is 4.72. The van der Waals surface area contributed by atoms with Crippen molar-refractivity contribution in [3.63, 3.8) is 0 Å². The molecule has 216 valence electrons. The molecule has 13 heteroatoms. The monoisotopic (exact) mass is 571 g/mol. The minimum absolute atomic E-state index is 0.0535. The van der Waals surface area contributed by atoms with Gasteiger partial charge in [0.25, 0.3) is 11.8 Å². The summed E-state index contributed by atoms with van der Waals surface area (Å²) < 4.78 is 49.6. The zero-order chi connectivity index (χ0) is 29.0. The number of nitrogens with one attached hydrogen (secondary N) is 2. The lowest BCUT2D eigenvalue weighted by Gasteiger charge is -2.37. The quantitative estimate of drug-likeness (QED) is 0.471. The number of piperazine rings is 1. The average Bonchev–Trinajstić information content (AvgIpc) is 3.53. The molecule has 2 N–H and O–H groups in total. The van der Waals surface area contributed by atoms with E-state index in [1.165, 1.54) is 29.4 Å². The Balaban J connectivity index is 1.29. The normalized spacial score (nSPS) is 15.9. The number of ether oxygens (including phenoxy) is 1. The van der Waals surface area contributed by atoms with Gasteiger partial charge in [-0.05, 0) is 48.5 Å². The molecule has 2 aromatic carbocycles. The second-order valence-electron chi connectivity index (χ2n) is 9.55. The lowest BCUT2D eigenvalue weighted by Crippen LogP contribution is -2.50. The number of anilines is 3. The number of carbonyl (C=O) groups is 3. The summed E-state index contributed by atoms with van der Waals surface area (Å²) in [5.41, 5.74) is 0.673. The molecule has 2 fully saturated rings. The predicted molar refractivity (Wildman–Crippen MR) is 144 cm³/mol. The molecule has 2 aliphatic rings. The Morgan fingerprint density at radius 3 is 2.20 bits per heavy atom. The number of rotatable bonds is 5. The molecule has 3 aromatic rings. The Morgan fingerprint density at radius 2 is 1.51 bits per heavy atom. The van der Waals surface area contributed by atoms with Gasteiger partial charge in [0.05, 0.1) is 30.6 Å². The zero-order valence-corrected chi connectivity index (χ0v) is 21.9. The van der Waals surface area contributed by atoms with Gasteiger partial charge in [-0.2, -0.15) is 13.2 Å². The van der Waals surface area contributed by atoms with Gasteiger partial charge in [0.15, 0.2) is 5.76 Å². The second-order valence-corrected chi connectivity index (χ2v) is 9.55. The predicted octanol–water partition coefficient (Wildman–Crippen LogP) is 4.38. The molecule has 2 aliphatic heterocycles. The minimum atomic E-state index is -4.51. The number of halogens is 3. The summed E-state index contributed by atoms with van der Waals surface area (Å²) in [5.74, 6) is -0.523. The van der Waals surface area contributed by atoms with Crippen LogP contribution >= 0.6 is 0 Å². The smallest absolute Gasteiger partial charge is 0.416 e. The first-order valence-corrected chi connectivity index (χ1v) is 13.0. The van der Waals surface area contributed by atoms with E-state index in [2.05, 4.69) is 10.6 Å². The van der Waals surface area contributed by atoms with Gasteiger partial charge in [-0.1, -0.05) is 6.07 Å². The Kier molecular flexibility index (Phi) is 8.15. The third kappa shape index (κ3) is 6.62. The van der Waals surface area contributed by atoms with Crippen molar-refractivity contribution in [3.05, 3.63) is 77.7 Å². The van der Waals surface area contributed by atoms with Gasteiger partial charge in [-0.3, -0.25) is 9.59 Å². The van der Waals surface area contributed by atoms with Crippen LogP contribution in [-0.4, -0.2) is 80.1 Å². The summed E-state index contributed by atoms with van der Waals surface area (Å²) in [5, 5.41) is 5.29. The van der Waals surface area contributed by atoms with Crippen molar-refractivity contribution < 1.29 is 36.7 Å². The number of hydrogen-bond donors (Lipinski definition) is 2. The largest absolute Gasteiger partial charge is 0.459 e. The first-order valence-electron chi connectivity index (χ1n) is 13.0. The van der Waals surface area contributed by atoms with E-state index in [0.717, 1.165) is 12.1 Å². The van der Waals surface area contributed by atoms with E-state index in [4.69, 9.17) is 9.15 Å². The fraction of sp³-hybridized carbons (Fsp3) is 0.321. The third-order valence-electron chi connectivity index (χ3n) is 6.88. The summed E-state index contributed by atoms with van der Waals surface area (Å²) in [6.07, 6.45) is -3.12. The van der Waals surface area contributed by atoms with Crippen molar-refractivity contribution in [3.8, 4) is 0 Å². The van der Waals surface area contributed by atoms with Crippen LogP contribution in [0, 0.1) is 0 Å². The van der Waals surface area contributed by atoms with Crippen molar-refractivity contribution in [2.45, 2.75) is 6.18 Å². The standard InChI is InChI=1S/C28H28F3N5O5/c29-28(30,31)19-3-1-4-20(17-19)33-27(39)36-10-8-34(9-11-36)23-7-6-21(32-25(37)24-5-2-14-41-24)18-22(23)26(38)35-12-15-40-16-13-35/h1-7,14,17-18H,8-13,15-16H2,(H,32,37)(H,33,39). The molecule has 3 heterocycles. The Morgan fingerprint density at radius 1 is 0.780 bits per heavy atom. The Labute approximate surface area is 233 Å². The first kappa shape index (κ1) is 28.0. The van der Waals surface area contributed by atoms with Crippen molar-refractivity contribution in [1.29, 1.82) is 0 Å². The molecule has 0 unspecified atom stereocenters. The van der Waals surface area contributed by atoms with Crippen LogP contribution in [0.5, 0.6) is 0 Å². The maximum atomic E-state index is 13.6. The van der Waals surface area contributed by atoms with E-state index in [-0.39, 0.29) is 30.4 Å². The van der Waals surface area contributed by atoms with Crippen LogP contribution < -0.4 is 15.5 Å². The van der Waals surface area contributed by atoms with Gasteiger partial charge in [-0.25, -0.2) is 4.79 Å². The van der Waals surface area contributed by atoms with E-state index in [0.29, 0.717) is 56.3 Å². The number of carbonyl (C=O) groups excluding carboxylic acids is 3. The highest BCUT2D eigenvalue weighted by Crippen LogP contribution is 2.31. The summed E-state index contributed by atoms with van der Waals surface area (Å²) in [6.45, 7) is 3.07. The lowest BCUT2D eigenvalue weighted by molar-refractivity contribution is -0.137. The van der Waals surface area contributed by atoms with Crippen LogP contribution in [0.15, 0.2) is 65.3 Å². The van der Waals surface area contributed by atoms with Crippen molar-refractivity contribution in [2.75, 3.05) is 68.0 Å². The maximum Gasteiger partial charge on any atom is 0.416 e. The summed E-state index contributed by atoms with van der Waals surface area (Å²) in [7, 11) is 0. The second kappa shape index (κ2) is 11.9. The van der Waals surface area contributed by atoms with E-state index in [9.17, 15) is 27.6 Å². The SMILES string of the molecule is O=C(Nc1ccc(N2CCN(C(=O)Nc3cccc(C(F)(F)F)c3)CC2)c(C(=O)N2CCOCC2)c1)c1ccco1. The average molecular weight is 572 g/mol. The van der Waals surface area contributed by atoms with Gasteiger partial charge in [0, 0.05) is 56.3 Å². The molecule has 1 aromatic heterocycles. The number of morpholine rings is 1. The molecule has 5 rings (SSSR count). The van der Waals surface area contributed by atoms with E-state index in [1.54, 1.807) is 29.2 Å². The molecule has 2 saturated heterocycles.